The number of methoxy groups -OCH3 is 3. The number of para-hydroxylation sites is 1. The van der Waals surface area contributed by atoms with Crippen LogP contribution in [0.5, 0.6) is 17.2 Å². The number of hydrogen-bond donors (Lipinski definition) is 2. The zero-order chi connectivity index (χ0) is 37.1. The topological polar surface area (TPSA) is 163 Å². The first-order valence-corrected chi connectivity index (χ1v) is 18.6. The van der Waals surface area contributed by atoms with E-state index in [1.165, 1.54) is 9.10 Å². The number of nitrogens with one attached hydrogen (secondary N) is 1. The van der Waals surface area contributed by atoms with E-state index >= 15 is 8.42 Å². The Morgan fingerprint density at radius 2 is 1.32 bits per heavy atom. The fraction of sp³-hybridized carbons (Fsp3) is 0.158. The molecule has 7 rings (SSSR count). The third-order valence-corrected chi connectivity index (χ3v) is 11.5. The van der Waals surface area contributed by atoms with Gasteiger partial charge >= 0.3 is 0 Å². The number of halogens is 1. The van der Waals surface area contributed by atoms with Crippen LogP contribution in [0.25, 0.3) is 33.5 Å². The van der Waals surface area contributed by atoms with Crippen LogP contribution in [0.3, 0.4) is 0 Å². The summed E-state index contributed by atoms with van der Waals surface area (Å²) in [5, 5.41) is 13.5. The van der Waals surface area contributed by atoms with Gasteiger partial charge in [-0.2, -0.15) is 9.10 Å². The highest BCUT2D eigenvalue weighted by molar-refractivity contribution is 9.10. The Morgan fingerprint density at radius 3 is 1.89 bits per heavy atom. The summed E-state index contributed by atoms with van der Waals surface area (Å²) in [4.78, 5) is 9.02. The van der Waals surface area contributed by atoms with Gasteiger partial charge in [-0.15, -0.1) is 10.2 Å². The molecule has 0 unspecified atom stereocenters. The largest absolute Gasteiger partial charge is 0.497 e. The second-order valence-corrected chi connectivity index (χ2v) is 14.8. The van der Waals surface area contributed by atoms with Crippen molar-refractivity contribution in [3.8, 4) is 39.8 Å². The van der Waals surface area contributed by atoms with Gasteiger partial charge < -0.3 is 24.9 Å². The van der Waals surface area contributed by atoms with E-state index in [4.69, 9.17) is 25.0 Å². The van der Waals surface area contributed by atoms with Crippen molar-refractivity contribution < 1.29 is 22.6 Å². The summed E-state index contributed by atoms with van der Waals surface area (Å²) in [7, 11) is 0.439. The first-order valence-electron chi connectivity index (χ1n) is 16.4. The number of aromatic amines is 1. The van der Waals surface area contributed by atoms with Crippen molar-refractivity contribution in [3.63, 3.8) is 0 Å². The minimum absolute atomic E-state index is 0.0264. The molecule has 0 aliphatic carbocycles. The Kier molecular flexibility index (Phi) is 10.1. The number of aromatic nitrogens is 6. The monoisotopic (exact) mass is 794 g/mol. The van der Waals surface area contributed by atoms with Crippen LogP contribution in [0.15, 0.2) is 112 Å². The van der Waals surface area contributed by atoms with E-state index in [-0.39, 0.29) is 41.9 Å². The van der Waals surface area contributed by atoms with Gasteiger partial charge in [-0.1, -0.05) is 54.6 Å². The van der Waals surface area contributed by atoms with Gasteiger partial charge in [0.05, 0.1) is 44.5 Å². The zero-order valence-electron chi connectivity index (χ0n) is 29.0. The van der Waals surface area contributed by atoms with Gasteiger partial charge in [0, 0.05) is 23.1 Å². The van der Waals surface area contributed by atoms with Gasteiger partial charge in [0.2, 0.25) is 15.8 Å². The third kappa shape index (κ3) is 7.44. The number of imidazole rings is 1. The minimum Gasteiger partial charge on any atom is -0.497 e. The highest BCUT2D eigenvalue weighted by Gasteiger charge is 2.34. The first kappa shape index (κ1) is 35.6. The number of nitrogens with two attached hydrogens (primary N) is 1. The number of fused-ring (bicyclic) bond motifs is 1. The molecular weight excluding hydrogens is 760 g/mol. The van der Waals surface area contributed by atoms with Crippen LogP contribution in [-0.4, -0.2) is 64.2 Å². The predicted octanol–water partition coefficient (Wildman–Crippen LogP) is 6.69. The van der Waals surface area contributed by atoms with Gasteiger partial charge in [-0.25, -0.2) is 13.4 Å². The number of tetrazole rings is 1. The molecule has 2 heterocycles. The molecule has 0 spiro atoms. The maximum atomic E-state index is 15.3. The van der Waals surface area contributed by atoms with E-state index in [0.717, 1.165) is 22.4 Å². The number of nitrogen functional groups attached to an aromatic ring is 1. The summed E-state index contributed by atoms with van der Waals surface area (Å²) in [5.74, 6) is 2.38. The van der Waals surface area contributed by atoms with Gasteiger partial charge in [-0.3, -0.25) is 0 Å². The van der Waals surface area contributed by atoms with Gasteiger partial charge in [0.1, 0.15) is 22.1 Å². The lowest BCUT2D eigenvalue weighted by atomic mass is 9.98. The van der Waals surface area contributed by atoms with E-state index in [9.17, 15) is 0 Å². The average Bonchev–Trinajstić information content (AvgIpc) is 3.80. The average molecular weight is 796 g/mol. The van der Waals surface area contributed by atoms with Crippen LogP contribution in [-0.2, 0) is 29.7 Å². The fourth-order valence-corrected chi connectivity index (χ4v) is 8.67. The van der Waals surface area contributed by atoms with Gasteiger partial charge in [-0.05, 0) is 91.9 Å². The summed E-state index contributed by atoms with van der Waals surface area (Å²) in [6, 6.07) is 31.2. The number of H-pyrrole nitrogens is 1. The molecule has 270 valence electrons. The Labute approximate surface area is 314 Å². The van der Waals surface area contributed by atoms with E-state index in [2.05, 4.69) is 36.2 Å². The zero-order valence-corrected chi connectivity index (χ0v) is 31.4. The quantitative estimate of drug-likeness (QED) is 0.129. The second-order valence-electron chi connectivity index (χ2n) is 12.1. The van der Waals surface area contributed by atoms with Crippen molar-refractivity contribution >= 4 is 42.9 Å². The molecule has 0 saturated heterocycles. The SMILES string of the molecule is COc1ccc(CN(Cc2ccc(OC)cc2)S(=O)(=O)c2c(Br)ccc(-c3cccc4[nH]c(N)nc34)c2-c2nnn(Cc3ccc(OC)cc3)n2)cc1. The third-order valence-electron chi connectivity index (χ3n) is 8.72. The number of hydrogen-bond acceptors (Lipinski definition) is 10. The first-order chi connectivity index (χ1) is 25.7. The maximum Gasteiger partial charge on any atom is 0.245 e. The van der Waals surface area contributed by atoms with E-state index in [0.29, 0.717) is 38.1 Å². The summed E-state index contributed by atoms with van der Waals surface area (Å²) in [6.07, 6.45) is 0. The van der Waals surface area contributed by atoms with Crippen molar-refractivity contribution in [1.29, 1.82) is 0 Å². The molecule has 0 saturated carbocycles. The molecule has 15 heteroatoms. The molecule has 0 fully saturated rings. The molecule has 3 N–H and O–H groups in total. The molecule has 53 heavy (non-hydrogen) atoms. The number of rotatable bonds is 13. The van der Waals surface area contributed by atoms with Crippen molar-refractivity contribution in [2.45, 2.75) is 24.5 Å². The Morgan fingerprint density at radius 1 is 0.755 bits per heavy atom. The molecule has 2 aromatic heterocycles. The van der Waals surface area contributed by atoms with Crippen LogP contribution in [0.1, 0.15) is 16.7 Å². The Hall–Kier alpha value is -5.77. The van der Waals surface area contributed by atoms with Crippen LogP contribution in [0.2, 0.25) is 0 Å². The molecular formula is C38H35BrN8O5S. The molecule has 0 bridgehead atoms. The summed E-state index contributed by atoms with van der Waals surface area (Å²) in [5.41, 5.74) is 11.2. The van der Waals surface area contributed by atoms with Crippen molar-refractivity contribution in [2.24, 2.45) is 0 Å². The molecule has 0 amide bonds. The Bertz CT molecular complexity index is 2440. The van der Waals surface area contributed by atoms with Crippen molar-refractivity contribution in [3.05, 3.63) is 124 Å². The highest BCUT2D eigenvalue weighted by Crippen LogP contribution is 2.43. The predicted molar refractivity (Wildman–Crippen MR) is 205 cm³/mol. The molecule has 7 aromatic rings. The van der Waals surface area contributed by atoms with Crippen LogP contribution in [0, 0.1) is 0 Å². The number of anilines is 1. The van der Waals surface area contributed by atoms with Crippen molar-refractivity contribution in [1.82, 2.24) is 34.5 Å². The van der Waals surface area contributed by atoms with Gasteiger partial charge in [0.25, 0.3) is 0 Å². The summed E-state index contributed by atoms with van der Waals surface area (Å²) >= 11 is 3.62. The molecule has 0 aliphatic rings. The molecule has 0 atom stereocenters. The van der Waals surface area contributed by atoms with E-state index < -0.39 is 10.0 Å². The maximum absolute atomic E-state index is 15.3. The normalized spacial score (nSPS) is 11.6. The van der Waals surface area contributed by atoms with Gasteiger partial charge in [0.15, 0.2) is 5.95 Å². The van der Waals surface area contributed by atoms with E-state index in [1.807, 2.05) is 72.8 Å². The highest BCUT2D eigenvalue weighted by atomic mass is 79.9. The molecule has 13 nitrogen and oxygen atoms in total. The van der Waals surface area contributed by atoms with Crippen LogP contribution >= 0.6 is 15.9 Å². The van der Waals surface area contributed by atoms with Crippen LogP contribution in [0.4, 0.5) is 5.95 Å². The molecule has 0 radical (unpaired) electrons. The van der Waals surface area contributed by atoms with E-state index in [1.54, 1.807) is 51.7 Å². The summed E-state index contributed by atoms with van der Waals surface area (Å²) < 4.78 is 48.4. The molecule has 5 aromatic carbocycles. The fourth-order valence-electron chi connectivity index (χ4n) is 6.05. The number of ether oxygens (including phenoxy) is 3. The second kappa shape index (κ2) is 15.1. The number of benzene rings is 5. The summed E-state index contributed by atoms with van der Waals surface area (Å²) in [6.45, 7) is 0.393. The lowest BCUT2D eigenvalue weighted by molar-refractivity contribution is 0.397. The van der Waals surface area contributed by atoms with Crippen molar-refractivity contribution in [2.75, 3.05) is 27.1 Å². The lowest BCUT2D eigenvalue weighted by Gasteiger charge is -2.25. The Balaban J connectivity index is 1.40. The lowest BCUT2D eigenvalue weighted by Crippen LogP contribution is -2.31. The smallest absolute Gasteiger partial charge is 0.245 e. The molecule has 0 aliphatic heterocycles. The number of sulfonamides is 1. The standard InChI is InChI=1S/C38H35BrN8O5S/c1-50-27-13-7-24(8-14-27)21-46(22-25-9-15-28(51-2)16-10-25)53(48,49)36-32(39)20-19-30(31-5-4-6-33-35(31)42-38(40)41-33)34(36)37-43-45-47(44-37)23-26-11-17-29(52-3)18-12-26/h4-20H,21-23H2,1-3H3,(H3,40,41,42). The minimum atomic E-state index is -4.33. The van der Waals surface area contributed by atoms with Crippen LogP contribution < -0.4 is 19.9 Å². The number of nitrogens with zero attached hydrogens (tertiary/aromatic N) is 6.